The van der Waals surface area contributed by atoms with Crippen LogP contribution < -0.4 is 4.90 Å². The van der Waals surface area contributed by atoms with Gasteiger partial charge in [-0.05, 0) is 49.6 Å². The molecule has 1 saturated heterocycles. The topological polar surface area (TPSA) is 6.48 Å². The van der Waals surface area contributed by atoms with Gasteiger partial charge in [0.1, 0.15) is 6.17 Å². The highest BCUT2D eigenvalue weighted by molar-refractivity contribution is 6.34. The third-order valence-corrected chi connectivity index (χ3v) is 5.92. The molecule has 0 radical (unpaired) electrons. The molecule has 1 unspecified atom stereocenters. The maximum absolute atomic E-state index is 14.7. The number of piperazine rings is 1. The van der Waals surface area contributed by atoms with Crippen molar-refractivity contribution in [1.82, 2.24) is 4.90 Å². The van der Waals surface area contributed by atoms with Gasteiger partial charge in [0.2, 0.25) is 0 Å². The minimum Gasteiger partial charge on any atom is -0.369 e. The zero-order valence-corrected chi connectivity index (χ0v) is 17.4. The summed E-state index contributed by atoms with van der Waals surface area (Å²) in [6.07, 6.45) is 0.574. The highest BCUT2D eigenvalue weighted by Crippen LogP contribution is 2.40. The third-order valence-electron chi connectivity index (χ3n) is 5.49. The first-order valence-electron chi connectivity index (χ1n) is 10.1. The second kappa shape index (κ2) is 9.07. The molecule has 0 aromatic heterocycles. The molecule has 0 spiro atoms. The van der Waals surface area contributed by atoms with E-state index in [9.17, 15) is 4.39 Å². The standard InChI is InChI=1S/C23H30ClFN2/c1-4-10-26-11-13-27(14-12-26)18-15-20(19-9-7-6-8-17(19)3)23(24)21(16-18)22(25)5-2/h6-9,15-16,22H,4-5,10-14H2,1-3H3. The van der Waals surface area contributed by atoms with Gasteiger partial charge in [-0.15, -0.1) is 0 Å². The molecule has 1 aliphatic heterocycles. The van der Waals surface area contributed by atoms with Gasteiger partial charge in [-0.25, -0.2) is 4.39 Å². The molecule has 2 aromatic carbocycles. The van der Waals surface area contributed by atoms with Gasteiger partial charge >= 0.3 is 0 Å². The van der Waals surface area contributed by atoms with E-state index in [1.807, 2.05) is 25.1 Å². The quantitative estimate of drug-likeness (QED) is 0.575. The molecule has 0 aliphatic carbocycles. The molecule has 4 heteroatoms. The first kappa shape index (κ1) is 20.2. The van der Waals surface area contributed by atoms with E-state index < -0.39 is 6.17 Å². The normalized spacial score (nSPS) is 16.6. The molecule has 2 aromatic rings. The number of rotatable bonds is 6. The van der Waals surface area contributed by atoms with Crippen molar-refractivity contribution >= 4 is 17.3 Å². The second-order valence-electron chi connectivity index (χ2n) is 7.42. The van der Waals surface area contributed by atoms with E-state index in [0.717, 1.165) is 55.1 Å². The maximum atomic E-state index is 14.7. The summed E-state index contributed by atoms with van der Waals surface area (Å²) >= 11 is 6.70. The zero-order chi connectivity index (χ0) is 19.4. The van der Waals surface area contributed by atoms with Crippen molar-refractivity contribution in [3.05, 3.63) is 52.5 Å². The van der Waals surface area contributed by atoms with Crippen LogP contribution in [0.15, 0.2) is 36.4 Å². The van der Waals surface area contributed by atoms with Crippen LogP contribution in [-0.4, -0.2) is 37.6 Å². The third kappa shape index (κ3) is 4.47. The molecule has 1 atom stereocenters. The zero-order valence-electron chi connectivity index (χ0n) is 16.6. The molecular formula is C23H30ClFN2. The first-order chi connectivity index (χ1) is 13.0. The van der Waals surface area contributed by atoms with Gasteiger partial charge in [0, 0.05) is 43.0 Å². The Morgan fingerprint density at radius 3 is 2.37 bits per heavy atom. The maximum Gasteiger partial charge on any atom is 0.126 e. The smallest absolute Gasteiger partial charge is 0.126 e. The summed E-state index contributed by atoms with van der Waals surface area (Å²) in [7, 11) is 0. The molecule has 0 amide bonds. The van der Waals surface area contributed by atoms with E-state index in [1.54, 1.807) is 0 Å². The van der Waals surface area contributed by atoms with Crippen LogP contribution in [0.2, 0.25) is 5.02 Å². The molecule has 3 rings (SSSR count). The molecule has 1 fully saturated rings. The van der Waals surface area contributed by atoms with Gasteiger partial charge in [0.05, 0.1) is 5.02 Å². The number of hydrogen-bond acceptors (Lipinski definition) is 2. The lowest BCUT2D eigenvalue weighted by molar-refractivity contribution is 0.258. The largest absolute Gasteiger partial charge is 0.369 e. The molecule has 0 saturated carbocycles. The highest BCUT2D eigenvalue weighted by atomic mass is 35.5. The van der Waals surface area contributed by atoms with E-state index in [4.69, 9.17) is 11.6 Å². The van der Waals surface area contributed by atoms with Gasteiger partial charge in [-0.2, -0.15) is 0 Å². The lowest BCUT2D eigenvalue weighted by Crippen LogP contribution is -2.46. The highest BCUT2D eigenvalue weighted by Gasteiger charge is 2.22. The van der Waals surface area contributed by atoms with Crippen LogP contribution in [0.3, 0.4) is 0 Å². The number of halogens is 2. The van der Waals surface area contributed by atoms with Crippen molar-refractivity contribution in [2.75, 3.05) is 37.6 Å². The summed E-state index contributed by atoms with van der Waals surface area (Å²) in [6.45, 7) is 11.4. The number of anilines is 1. The lowest BCUT2D eigenvalue weighted by Gasteiger charge is -2.36. The number of alkyl halides is 1. The van der Waals surface area contributed by atoms with Crippen molar-refractivity contribution in [3.63, 3.8) is 0 Å². The summed E-state index contributed by atoms with van der Waals surface area (Å²) in [5.74, 6) is 0. The van der Waals surface area contributed by atoms with Crippen molar-refractivity contribution in [2.24, 2.45) is 0 Å². The van der Waals surface area contributed by atoms with Gasteiger partial charge in [0.15, 0.2) is 0 Å². The van der Waals surface area contributed by atoms with Gasteiger partial charge < -0.3 is 4.90 Å². The molecule has 146 valence electrons. The number of aryl methyl sites for hydroxylation is 1. The van der Waals surface area contributed by atoms with Crippen LogP contribution in [0.25, 0.3) is 11.1 Å². The fourth-order valence-electron chi connectivity index (χ4n) is 3.88. The van der Waals surface area contributed by atoms with Crippen LogP contribution in [0.5, 0.6) is 0 Å². The van der Waals surface area contributed by atoms with Gasteiger partial charge in [-0.3, -0.25) is 4.90 Å². The predicted octanol–water partition coefficient (Wildman–Crippen LogP) is 6.27. The Morgan fingerprint density at radius 2 is 1.74 bits per heavy atom. The Hall–Kier alpha value is -1.58. The average Bonchev–Trinajstić information content (AvgIpc) is 2.69. The summed E-state index contributed by atoms with van der Waals surface area (Å²) in [5.41, 5.74) is 4.88. The molecule has 2 nitrogen and oxygen atoms in total. The Kier molecular flexibility index (Phi) is 6.78. The minimum absolute atomic E-state index is 0.431. The van der Waals surface area contributed by atoms with E-state index in [-0.39, 0.29) is 0 Å². The monoisotopic (exact) mass is 388 g/mol. The summed E-state index contributed by atoms with van der Waals surface area (Å²) < 4.78 is 14.7. The SMILES string of the molecule is CCCN1CCN(c2cc(-c3ccccc3C)c(Cl)c(C(F)CC)c2)CC1. The van der Waals surface area contributed by atoms with Crippen LogP contribution in [0, 0.1) is 6.92 Å². The van der Waals surface area contributed by atoms with Crippen LogP contribution in [0.4, 0.5) is 10.1 Å². The molecule has 0 N–H and O–H groups in total. The Bertz CT molecular complexity index is 769. The molecule has 1 aliphatic rings. The molecule has 0 bridgehead atoms. The number of nitrogens with zero attached hydrogens (tertiary/aromatic N) is 2. The van der Waals surface area contributed by atoms with Crippen molar-refractivity contribution in [2.45, 2.75) is 39.8 Å². The Labute approximate surface area is 167 Å². The minimum atomic E-state index is -1.04. The van der Waals surface area contributed by atoms with Crippen LogP contribution in [0.1, 0.15) is 44.0 Å². The number of hydrogen-bond donors (Lipinski definition) is 0. The summed E-state index contributed by atoms with van der Waals surface area (Å²) in [4.78, 5) is 4.87. The Balaban J connectivity index is 2.00. The summed E-state index contributed by atoms with van der Waals surface area (Å²) in [5, 5.41) is 0.548. The van der Waals surface area contributed by atoms with E-state index in [1.165, 1.54) is 6.42 Å². The Morgan fingerprint density at radius 1 is 1.04 bits per heavy atom. The van der Waals surface area contributed by atoms with E-state index >= 15 is 0 Å². The fourth-order valence-corrected chi connectivity index (χ4v) is 4.21. The lowest BCUT2D eigenvalue weighted by atomic mass is 9.95. The van der Waals surface area contributed by atoms with E-state index in [2.05, 4.69) is 41.8 Å². The average molecular weight is 389 g/mol. The number of benzene rings is 2. The van der Waals surface area contributed by atoms with Crippen molar-refractivity contribution in [3.8, 4) is 11.1 Å². The first-order valence-corrected chi connectivity index (χ1v) is 10.4. The van der Waals surface area contributed by atoms with Gasteiger partial charge in [0.25, 0.3) is 0 Å². The molecule has 1 heterocycles. The molecule has 27 heavy (non-hydrogen) atoms. The van der Waals surface area contributed by atoms with Crippen molar-refractivity contribution < 1.29 is 4.39 Å². The second-order valence-corrected chi connectivity index (χ2v) is 7.79. The van der Waals surface area contributed by atoms with Crippen molar-refractivity contribution in [1.29, 1.82) is 0 Å². The fraction of sp³-hybridized carbons (Fsp3) is 0.478. The van der Waals surface area contributed by atoms with Gasteiger partial charge in [-0.1, -0.05) is 49.7 Å². The van der Waals surface area contributed by atoms with Crippen LogP contribution >= 0.6 is 11.6 Å². The summed E-state index contributed by atoms with van der Waals surface area (Å²) in [6, 6.07) is 12.3. The molecular weight excluding hydrogens is 359 g/mol. The predicted molar refractivity (Wildman–Crippen MR) is 115 cm³/mol. The van der Waals surface area contributed by atoms with Crippen LogP contribution in [-0.2, 0) is 0 Å². The van der Waals surface area contributed by atoms with E-state index in [0.29, 0.717) is 17.0 Å².